The fourth-order valence-electron chi connectivity index (χ4n) is 4.42. The number of Topliss-reactive ketones (excluding diaryl/α,β-unsaturated/α-hetero) is 1. The van der Waals surface area contributed by atoms with Crippen molar-refractivity contribution in [3.8, 4) is 17.6 Å². The molecule has 4 aromatic rings. The molecule has 2 aromatic carbocycles. The van der Waals surface area contributed by atoms with E-state index in [0.29, 0.717) is 34.2 Å². The van der Waals surface area contributed by atoms with Gasteiger partial charge in [-0.15, -0.1) is 0 Å². The van der Waals surface area contributed by atoms with Crippen molar-refractivity contribution < 1.29 is 14.3 Å². The second-order valence-corrected chi connectivity index (χ2v) is 9.92. The van der Waals surface area contributed by atoms with E-state index >= 15 is 0 Å². The normalized spacial score (nSPS) is 15.7. The first-order valence-corrected chi connectivity index (χ1v) is 12.4. The Balaban J connectivity index is 1.18. The van der Waals surface area contributed by atoms with Gasteiger partial charge in [0.15, 0.2) is 11.5 Å². The van der Waals surface area contributed by atoms with Crippen LogP contribution >= 0.6 is 0 Å². The molecule has 184 valence electrons. The number of nitriles is 1. The number of hydrogen-bond donors (Lipinski definition) is 1. The van der Waals surface area contributed by atoms with Crippen molar-refractivity contribution in [3.63, 3.8) is 0 Å². The summed E-state index contributed by atoms with van der Waals surface area (Å²) in [6.07, 6.45) is 5.58. The van der Waals surface area contributed by atoms with Gasteiger partial charge in [-0.1, -0.05) is 18.2 Å². The van der Waals surface area contributed by atoms with Gasteiger partial charge in [-0.05, 0) is 74.1 Å². The number of carbonyl (C=O) groups is 2. The van der Waals surface area contributed by atoms with Gasteiger partial charge in [0.05, 0.1) is 24.1 Å². The maximum atomic E-state index is 13.0. The van der Waals surface area contributed by atoms with E-state index in [9.17, 15) is 14.9 Å². The number of ether oxygens (including phenoxy) is 1. The molecule has 2 aliphatic rings. The number of aryl methyl sites for hydroxylation is 1. The van der Waals surface area contributed by atoms with Gasteiger partial charge in [0.2, 0.25) is 0 Å². The Bertz CT molecular complexity index is 1590. The van der Waals surface area contributed by atoms with Crippen LogP contribution in [0.2, 0.25) is 0 Å². The summed E-state index contributed by atoms with van der Waals surface area (Å²) in [7, 11) is 0. The highest BCUT2D eigenvalue weighted by Gasteiger charge is 2.45. The fraction of sp³-hybridized carbons (Fsp3) is 0.276. The van der Waals surface area contributed by atoms with E-state index in [-0.39, 0.29) is 24.0 Å². The van der Waals surface area contributed by atoms with Crippen LogP contribution in [-0.4, -0.2) is 26.3 Å². The van der Waals surface area contributed by atoms with Gasteiger partial charge in [-0.25, -0.2) is 9.50 Å². The van der Waals surface area contributed by atoms with Crippen molar-refractivity contribution >= 4 is 23.0 Å². The molecule has 1 amide bonds. The van der Waals surface area contributed by atoms with E-state index in [4.69, 9.17) is 4.74 Å². The Hall–Kier alpha value is -4.51. The zero-order chi connectivity index (χ0) is 25.6. The molecule has 2 heterocycles. The topological polar surface area (TPSA) is 109 Å². The highest BCUT2D eigenvalue weighted by atomic mass is 16.5. The molecule has 8 heteroatoms. The van der Waals surface area contributed by atoms with Crippen LogP contribution in [0.1, 0.15) is 53.0 Å². The van der Waals surface area contributed by atoms with Crippen molar-refractivity contribution in [3.05, 3.63) is 83.3 Å². The lowest BCUT2D eigenvalue weighted by molar-refractivity contribution is -0.119. The molecule has 0 atom stereocenters. The highest BCUT2D eigenvalue weighted by molar-refractivity contribution is 6.04. The van der Waals surface area contributed by atoms with Gasteiger partial charge >= 0.3 is 0 Å². The van der Waals surface area contributed by atoms with Crippen LogP contribution in [0.5, 0.6) is 11.5 Å². The number of anilines is 1. The third kappa shape index (κ3) is 4.68. The summed E-state index contributed by atoms with van der Waals surface area (Å²) >= 11 is 0. The molecule has 2 aromatic heterocycles. The summed E-state index contributed by atoms with van der Waals surface area (Å²) in [5, 5.41) is 16.9. The van der Waals surface area contributed by atoms with Crippen molar-refractivity contribution in [1.29, 1.82) is 5.26 Å². The number of fused-ring (bicyclic) bond motifs is 1. The third-order valence-corrected chi connectivity index (χ3v) is 7.03. The zero-order valence-corrected chi connectivity index (χ0v) is 20.4. The predicted octanol–water partition coefficient (Wildman–Crippen LogP) is 5.16. The molecular weight excluding hydrogens is 466 g/mol. The molecule has 0 saturated heterocycles. The van der Waals surface area contributed by atoms with E-state index in [1.165, 1.54) is 0 Å². The van der Waals surface area contributed by atoms with Crippen molar-refractivity contribution in [2.45, 2.75) is 44.4 Å². The number of nitrogens with zero attached hydrogens (tertiary/aromatic N) is 4. The molecule has 0 aliphatic heterocycles. The number of rotatable bonds is 8. The SMILES string of the molecule is Cc1ccc(NC(=O)c2cccc(C3(C#N)CC3)c2)cc1Oc1ccc2nc(CC(=O)C3CC3)nn2c1. The second kappa shape index (κ2) is 8.86. The van der Waals surface area contributed by atoms with Gasteiger partial charge in [0.25, 0.3) is 5.91 Å². The molecule has 8 nitrogen and oxygen atoms in total. The molecule has 2 saturated carbocycles. The molecule has 37 heavy (non-hydrogen) atoms. The smallest absolute Gasteiger partial charge is 0.255 e. The average Bonchev–Trinajstić information content (AvgIpc) is 3.83. The minimum atomic E-state index is -0.445. The maximum Gasteiger partial charge on any atom is 0.255 e. The van der Waals surface area contributed by atoms with E-state index in [1.54, 1.807) is 41.0 Å². The van der Waals surface area contributed by atoms with Crippen molar-refractivity contribution in [1.82, 2.24) is 14.6 Å². The molecule has 0 spiro atoms. The molecule has 0 unspecified atom stereocenters. The maximum absolute atomic E-state index is 13.0. The minimum Gasteiger partial charge on any atom is -0.455 e. The predicted molar refractivity (Wildman–Crippen MR) is 137 cm³/mol. The minimum absolute atomic E-state index is 0.178. The summed E-state index contributed by atoms with van der Waals surface area (Å²) in [4.78, 5) is 29.5. The van der Waals surface area contributed by atoms with Crippen LogP contribution in [0.25, 0.3) is 5.65 Å². The summed E-state index contributed by atoms with van der Waals surface area (Å²) < 4.78 is 7.75. The van der Waals surface area contributed by atoms with Gasteiger partial charge in [0, 0.05) is 23.2 Å². The number of nitrogens with one attached hydrogen (secondary N) is 1. The monoisotopic (exact) mass is 491 g/mol. The zero-order valence-electron chi connectivity index (χ0n) is 20.4. The molecular formula is C29H25N5O3. The molecule has 0 bridgehead atoms. The van der Waals surface area contributed by atoms with E-state index in [0.717, 1.165) is 36.8 Å². The summed E-state index contributed by atoms with van der Waals surface area (Å²) in [5.41, 5.74) is 3.10. The number of hydrogen-bond acceptors (Lipinski definition) is 6. The largest absolute Gasteiger partial charge is 0.455 e. The number of carbonyl (C=O) groups excluding carboxylic acids is 2. The molecule has 0 radical (unpaired) electrons. The fourth-order valence-corrected chi connectivity index (χ4v) is 4.42. The third-order valence-electron chi connectivity index (χ3n) is 7.03. The average molecular weight is 492 g/mol. The first kappa shape index (κ1) is 22.9. The standard InChI is InChI=1S/C29H25N5O3/c1-18-5-8-22(31-28(36)20-3-2-4-21(13-20)29(17-30)11-12-29)14-25(18)37-23-9-10-27-32-26(33-34(27)16-23)15-24(35)19-6-7-19/h2-5,8-10,13-14,16,19H,6-7,11-12,15H2,1H3,(H,31,36). The summed E-state index contributed by atoms with van der Waals surface area (Å²) in [5.74, 6) is 1.80. The van der Waals surface area contributed by atoms with Crippen LogP contribution in [0, 0.1) is 24.2 Å². The van der Waals surface area contributed by atoms with Gasteiger partial charge in [-0.2, -0.15) is 10.4 Å². The lowest BCUT2D eigenvalue weighted by Gasteiger charge is -2.13. The summed E-state index contributed by atoms with van der Waals surface area (Å²) in [6, 6.07) is 18.7. The number of amides is 1. The van der Waals surface area contributed by atoms with Gasteiger partial charge in [0.1, 0.15) is 17.3 Å². The van der Waals surface area contributed by atoms with Gasteiger partial charge < -0.3 is 10.1 Å². The van der Waals surface area contributed by atoms with Crippen LogP contribution in [0.15, 0.2) is 60.8 Å². The van der Waals surface area contributed by atoms with Gasteiger partial charge in [-0.3, -0.25) is 9.59 Å². The van der Waals surface area contributed by atoms with Crippen LogP contribution in [-0.2, 0) is 16.6 Å². The molecule has 2 aliphatic carbocycles. The number of ketones is 1. The number of pyridine rings is 1. The Morgan fingerprint density at radius 1 is 1.16 bits per heavy atom. The van der Waals surface area contributed by atoms with Crippen LogP contribution < -0.4 is 10.1 Å². The molecule has 2 fully saturated rings. The van der Waals surface area contributed by atoms with Crippen LogP contribution in [0.4, 0.5) is 5.69 Å². The molecule has 6 rings (SSSR count). The van der Waals surface area contributed by atoms with E-state index in [1.807, 2.05) is 31.2 Å². The molecule has 1 N–H and O–H groups in total. The lowest BCUT2D eigenvalue weighted by Crippen LogP contribution is -2.13. The number of aromatic nitrogens is 3. The first-order chi connectivity index (χ1) is 17.9. The Morgan fingerprint density at radius 3 is 2.76 bits per heavy atom. The summed E-state index contributed by atoms with van der Waals surface area (Å²) in [6.45, 7) is 1.93. The number of benzene rings is 2. The quantitative estimate of drug-likeness (QED) is 0.365. The van der Waals surface area contributed by atoms with Crippen molar-refractivity contribution in [2.24, 2.45) is 5.92 Å². The Kier molecular flexibility index (Phi) is 5.49. The van der Waals surface area contributed by atoms with Crippen LogP contribution in [0.3, 0.4) is 0 Å². The van der Waals surface area contributed by atoms with E-state index in [2.05, 4.69) is 21.5 Å². The lowest BCUT2D eigenvalue weighted by atomic mass is 9.96. The van der Waals surface area contributed by atoms with Crippen molar-refractivity contribution in [2.75, 3.05) is 5.32 Å². The Labute approximate surface area is 213 Å². The highest BCUT2D eigenvalue weighted by Crippen LogP contribution is 2.47. The van der Waals surface area contributed by atoms with E-state index < -0.39 is 5.41 Å². The first-order valence-electron chi connectivity index (χ1n) is 12.4. The second-order valence-electron chi connectivity index (χ2n) is 9.92. The Morgan fingerprint density at radius 2 is 2.00 bits per heavy atom.